The third-order valence-corrected chi connectivity index (χ3v) is 3.02. The van der Waals surface area contributed by atoms with Gasteiger partial charge in [-0.2, -0.15) is 0 Å². The molecule has 0 atom stereocenters. The van der Waals surface area contributed by atoms with Crippen molar-refractivity contribution in [3.8, 4) is 0 Å². The largest absolute Gasteiger partial charge is 0.759 e. The molecule has 0 fully saturated rings. The third kappa shape index (κ3) is 18.4. The molecule has 0 saturated carbocycles. The van der Waals surface area contributed by atoms with Crippen LogP contribution in [0.4, 0.5) is 0 Å². The van der Waals surface area contributed by atoms with Gasteiger partial charge in [0.05, 0.1) is 13.1 Å². The maximum absolute atomic E-state index is 8.52. The topological polar surface area (TPSA) is 113 Å². The zero-order valence-corrected chi connectivity index (χ0v) is 15.6. The number of hydrogen-bond acceptors (Lipinski definition) is 4. The predicted octanol–water partition coefficient (Wildman–Crippen LogP) is 0.202. The van der Waals surface area contributed by atoms with Crippen LogP contribution in [0.15, 0.2) is 60.7 Å². The lowest BCUT2D eigenvalue weighted by Crippen LogP contribution is -2.81. The fourth-order valence-electron chi connectivity index (χ4n) is 1.85. The van der Waals surface area contributed by atoms with Crippen LogP contribution in [0.5, 0.6) is 0 Å². The molecule has 0 aliphatic heterocycles. The maximum Gasteiger partial charge on any atom is 0.101 e. The van der Waals surface area contributed by atoms with E-state index >= 15 is 0 Å². The van der Waals surface area contributed by atoms with Crippen LogP contribution in [0.3, 0.4) is 0 Å². The highest BCUT2D eigenvalue weighted by molar-refractivity contribution is 7.79. The van der Waals surface area contributed by atoms with E-state index in [1.54, 1.807) is 0 Å². The first kappa shape index (κ1) is 23.2. The maximum atomic E-state index is 8.52. The predicted molar refractivity (Wildman–Crippen MR) is 95.7 cm³/mol. The van der Waals surface area contributed by atoms with Crippen LogP contribution in [-0.4, -0.2) is 30.6 Å². The Hall–Kier alpha value is -1.77. The molecule has 25 heavy (non-hydrogen) atoms. The highest BCUT2D eigenvalue weighted by Crippen LogP contribution is 1.94. The van der Waals surface area contributed by atoms with E-state index in [0.717, 1.165) is 26.2 Å². The Balaban J connectivity index is 0.000000368. The van der Waals surface area contributed by atoms with E-state index in [4.69, 9.17) is 17.5 Å². The summed E-state index contributed by atoms with van der Waals surface area (Å²) in [7, 11) is -5.17. The van der Waals surface area contributed by atoms with Gasteiger partial charge in [0.2, 0.25) is 0 Å². The molecule has 2 aromatic rings. The van der Waals surface area contributed by atoms with E-state index in [0.29, 0.717) is 0 Å². The molecule has 0 radical (unpaired) electrons. The smallest absolute Gasteiger partial charge is 0.101 e. The monoisotopic (exact) mass is 368 g/mol. The summed E-state index contributed by atoms with van der Waals surface area (Å²) in [5, 5.41) is 4.57. The molecule has 0 spiro atoms. The zero-order chi connectivity index (χ0) is 19.0. The lowest BCUT2D eigenvalue weighted by Gasteiger charge is -2.06. The van der Waals surface area contributed by atoms with Gasteiger partial charge in [-0.05, 0) is 13.8 Å². The Bertz CT molecular complexity index is 583. The molecule has 6 nitrogen and oxygen atoms in total. The van der Waals surface area contributed by atoms with Crippen LogP contribution in [-0.2, 0) is 23.5 Å². The summed E-state index contributed by atoms with van der Waals surface area (Å²) in [6.45, 7) is 8.88. The average Bonchev–Trinajstić information content (AvgIpc) is 2.59. The van der Waals surface area contributed by atoms with E-state index in [-0.39, 0.29) is 0 Å². The number of nitrogens with two attached hydrogens (primary N) is 2. The summed E-state index contributed by atoms with van der Waals surface area (Å²) < 4.78 is 34.1. The quantitative estimate of drug-likeness (QED) is 0.560. The van der Waals surface area contributed by atoms with Crippen LogP contribution in [0, 0.1) is 0 Å². The van der Waals surface area contributed by atoms with Gasteiger partial charge >= 0.3 is 0 Å². The van der Waals surface area contributed by atoms with E-state index in [1.807, 2.05) is 0 Å². The van der Waals surface area contributed by atoms with Crippen molar-refractivity contribution in [2.24, 2.45) is 0 Å². The number of benzene rings is 2. The highest BCUT2D eigenvalue weighted by atomic mass is 32.3. The Kier molecular flexibility index (Phi) is 13.5. The van der Waals surface area contributed by atoms with Gasteiger partial charge in [0.25, 0.3) is 0 Å². The Morgan fingerprint density at radius 2 is 1.00 bits per heavy atom. The summed E-state index contributed by atoms with van der Waals surface area (Å²) in [6, 6.07) is 21.1. The van der Waals surface area contributed by atoms with Crippen LogP contribution < -0.4 is 10.6 Å². The summed E-state index contributed by atoms with van der Waals surface area (Å²) in [6.07, 6.45) is 0. The second kappa shape index (κ2) is 14.6. The van der Waals surface area contributed by atoms with Crippen molar-refractivity contribution in [3.63, 3.8) is 0 Å². The molecule has 0 heterocycles. The Morgan fingerprint density at radius 1 is 0.720 bits per heavy atom. The molecular weight excluding hydrogens is 340 g/mol. The molecular formula is C18H28N2O4S. The van der Waals surface area contributed by atoms with Gasteiger partial charge in [0.1, 0.15) is 13.1 Å². The molecule has 0 unspecified atom stereocenters. The molecule has 0 bridgehead atoms. The van der Waals surface area contributed by atoms with Gasteiger partial charge in [-0.15, -0.1) is 0 Å². The summed E-state index contributed by atoms with van der Waals surface area (Å²) >= 11 is 0. The first-order chi connectivity index (χ1) is 11.9. The number of hydrogen-bond donors (Lipinski definition) is 2. The first-order valence-electron chi connectivity index (χ1n) is 8.24. The van der Waals surface area contributed by atoms with Crippen molar-refractivity contribution in [2.45, 2.75) is 26.9 Å². The molecule has 4 N–H and O–H groups in total. The minimum absolute atomic E-state index is 1.11. The molecule has 0 amide bonds. The molecule has 0 aliphatic carbocycles. The molecule has 0 saturated heterocycles. The molecule has 0 aromatic heterocycles. The van der Waals surface area contributed by atoms with Crippen LogP contribution in [0.1, 0.15) is 25.0 Å². The van der Waals surface area contributed by atoms with Crippen molar-refractivity contribution in [1.29, 1.82) is 0 Å². The van der Waals surface area contributed by atoms with Crippen molar-refractivity contribution in [1.82, 2.24) is 0 Å². The lowest BCUT2D eigenvalue weighted by molar-refractivity contribution is -0.667. The zero-order valence-electron chi connectivity index (χ0n) is 14.8. The van der Waals surface area contributed by atoms with E-state index in [2.05, 4.69) is 85.1 Å². The van der Waals surface area contributed by atoms with Gasteiger partial charge in [-0.3, -0.25) is 8.42 Å². The number of rotatable bonds is 6. The summed E-state index contributed by atoms with van der Waals surface area (Å²) in [4.78, 5) is 0. The van der Waals surface area contributed by atoms with Crippen molar-refractivity contribution in [2.75, 3.05) is 13.1 Å². The standard InChI is InChI=1S/2C9H13N.H2O4S/c2*1-2-10-8-9-6-4-3-5-7-9;1-5(2,3)4/h2*3-7,10H,2,8H2,1H3;(H2,1,2,3,4). The second-order valence-electron chi connectivity index (χ2n) is 5.18. The second-order valence-corrected chi connectivity index (χ2v) is 6.00. The molecule has 7 heteroatoms. The SMILES string of the molecule is CC[NH2+]Cc1ccccc1.CC[NH2+]Cc1ccccc1.O=S(=O)([O-])[O-]. The fourth-order valence-corrected chi connectivity index (χ4v) is 1.85. The van der Waals surface area contributed by atoms with Gasteiger partial charge < -0.3 is 19.7 Å². The number of quaternary nitrogens is 2. The van der Waals surface area contributed by atoms with Crippen molar-refractivity contribution < 1.29 is 28.2 Å². The summed E-state index contributed by atoms with van der Waals surface area (Å²) in [5.74, 6) is 0. The van der Waals surface area contributed by atoms with Crippen molar-refractivity contribution in [3.05, 3.63) is 71.8 Å². The molecule has 2 aromatic carbocycles. The van der Waals surface area contributed by atoms with Crippen LogP contribution in [0.2, 0.25) is 0 Å². The highest BCUT2D eigenvalue weighted by Gasteiger charge is 1.89. The van der Waals surface area contributed by atoms with Crippen LogP contribution >= 0.6 is 0 Å². The van der Waals surface area contributed by atoms with Gasteiger partial charge in [0.15, 0.2) is 0 Å². The van der Waals surface area contributed by atoms with Crippen molar-refractivity contribution >= 4 is 10.4 Å². The lowest BCUT2D eigenvalue weighted by atomic mass is 10.2. The minimum Gasteiger partial charge on any atom is -0.759 e. The Morgan fingerprint density at radius 3 is 1.24 bits per heavy atom. The minimum atomic E-state index is -5.17. The fraction of sp³-hybridized carbons (Fsp3) is 0.333. The first-order valence-corrected chi connectivity index (χ1v) is 9.58. The molecule has 2 rings (SSSR count). The van der Waals surface area contributed by atoms with E-state index in [9.17, 15) is 0 Å². The van der Waals surface area contributed by atoms with E-state index in [1.165, 1.54) is 11.1 Å². The van der Waals surface area contributed by atoms with Gasteiger partial charge in [0, 0.05) is 21.5 Å². The van der Waals surface area contributed by atoms with Gasteiger partial charge in [-0.25, -0.2) is 0 Å². The van der Waals surface area contributed by atoms with Crippen LogP contribution in [0.25, 0.3) is 0 Å². The summed E-state index contributed by atoms with van der Waals surface area (Å²) in [5.41, 5.74) is 2.81. The third-order valence-electron chi connectivity index (χ3n) is 3.02. The van der Waals surface area contributed by atoms with E-state index < -0.39 is 10.4 Å². The van der Waals surface area contributed by atoms with Gasteiger partial charge in [-0.1, -0.05) is 60.7 Å². The normalized spacial score (nSPS) is 10.1. The molecule has 140 valence electrons. The average molecular weight is 368 g/mol. The molecule has 0 aliphatic rings. The Labute approximate surface area is 150 Å².